The summed E-state index contributed by atoms with van der Waals surface area (Å²) in [6.07, 6.45) is 2.02. The molecule has 0 unspecified atom stereocenters. The number of carbonyl (C=O) groups is 2. The van der Waals surface area contributed by atoms with E-state index in [2.05, 4.69) is 15.5 Å². The highest BCUT2D eigenvalue weighted by Gasteiger charge is 2.21. The first kappa shape index (κ1) is 17.9. The van der Waals surface area contributed by atoms with E-state index in [1.165, 1.54) is 0 Å². The van der Waals surface area contributed by atoms with Gasteiger partial charge in [0, 0.05) is 42.7 Å². The number of nitrogens with one attached hydrogen (secondary N) is 1. The Bertz CT molecular complexity index is 984. The van der Waals surface area contributed by atoms with E-state index >= 15 is 0 Å². The number of hydrogen-bond donors (Lipinski definition) is 1. The Morgan fingerprint density at radius 2 is 2.00 bits per heavy atom. The monoisotopic (exact) mass is 376 g/mol. The average Bonchev–Trinajstić information content (AvgIpc) is 3.36. The lowest BCUT2D eigenvalue weighted by atomic mass is 10.2. The van der Waals surface area contributed by atoms with Crippen molar-refractivity contribution in [3.05, 3.63) is 60.5 Å². The molecule has 1 saturated heterocycles. The van der Waals surface area contributed by atoms with Gasteiger partial charge in [0.2, 0.25) is 23.5 Å². The van der Waals surface area contributed by atoms with E-state index in [4.69, 9.17) is 4.52 Å². The van der Waals surface area contributed by atoms with Crippen LogP contribution in [-0.2, 0) is 16.0 Å². The van der Waals surface area contributed by atoms with Gasteiger partial charge in [0.25, 0.3) is 0 Å². The quantitative estimate of drug-likeness (QED) is 0.712. The Labute approximate surface area is 162 Å². The van der Waals surface area contributed by atoms with Crippen molar-refractivity contribution in [2.75, 3.05) is 16.8 Å². The van der Waals surface area contributed by atoms with Gasteiger partial charge in [-0.1, -0.05) is 41.6 Å². The molecule has 0 aliphatic carbocycles. The number of aryl methyl sites for hydroxylation is 1. The number of nitrogens with zero attached hydrogens (tertiary/aromatic N) is 3. The maximum absolute atomic E-state index is 12.3. The zero-order valence-corrected chi connectivity index (χ0v) is 15.3. The molecule has 7 heteroatoms. The summed E-state index contributed by atoms with van der Waals surface area (Å²) in [5.74, 6) is 0.905. The fourth-order valence-corrected chi connectivity index (χ4v) is 3.18. The molecular weight excluding hydrogens is 356 g/mol. The third-order valence-corrected chi connectivity index (χ3v) is 4.58. The fourth-order valence-electron chi connectivity index (χ4n) is 3.18. The van der Waals surface area contributed by atoms with Crippen LogP contribution in [0.2, 0.25) is 0 Å². The van der Waals surface area contributed by atoms with Gasteiger partial charge in [-0.05, 0) is 24.6 Å². The third-order valence-electron chi connectivity index (χ3n) is 4.58. The topological polar surface area (TPSA) is 88.3 Å². The number of carbonyl (C=O) groups excluding carboxylic acids is 2. The summed E-state index contributed by atoms with van der Waals surface area (Å²) in [5, 5.41) is 6.82. The number of amides is 2. The zero-order chi connectivity index (χ0) is 19.3. The minimum Gasteiger partial charge on any atom is -0.339 e. The van der Waals surface area contributed by atoms with Gasteiger partial charge in [-0.25, -0.2) is 0 Å². The molecule has 0 atom stereocenters. The molecule has 4 rings (SSSR count). The lowest BCUT2D eigenvalue weighted by Gasteiger charge is -2.16. The smallest absolute Gasteiger partial charge is 0.227 e. The van der Waals surface area contributed by atoms with Crippen molar-refractivity contribution in [1.82, 2.24) is 10.1 Å². The molecule has 1 aliphatic heterocycles. The molecule has 1 aliphatic rings. The predicted octanol–water partition coefficient (Wildman–Crippen LogP) is 3.43. The van der Waals surface area contributed by atoms with Crippen LogP contribution >= 0.6 is 0 Å². The third kappa shape index (κ3) is 4.09. The molecular formula is C21H20N4O3. The molecule has 142 valence electrons. The van der Waals surface area contributed by atoms with Crippen LogP contribution in [0.5, 0.6) is 0 Å². The summed E-state index contributed by atoms with van der Waals surface area (Å²) in [6, 6.07) is 16.9. The molecule has 28 heavy (non-hydrogen) atoms. The van der Waals surface area contributed by atoms with Crippen molar-refractivity contribution in [1.29, 1.82) is 0 Å². The van der Waals surface area contributed by atoms with Crippen molar-refractivity contribution < 1.29 is 14.1 Å². The predicted molar refractivity (Wildman–Crippen MR) is 105 cm³/mol. The minimum absolute atomic E-state index is 0.120. The van der Waals surface area contributed by atoms with Crippen molar-refractivity contribution in [2.24, 2.45) is 0 Å². The van der Waals surface area contributed by atoms with Gasteiger partial charge in [0.05, 0.1) is 0 Å². The normalized spacial score (nSPS) is 13.7. The van der Waals surface area contributed by atoms with E-state index in [1.807, 2.05) is 54.6 Å². The average molecular weight is 376 g/mol. The first-order chi connectivity index (χ1) is 13.7. The summed E-state index contributed by atoms with van der Waals surface area (Å²) in [5.41, 5.74) is 2.35. The number of hydrogen-bond acceptors (Lipinski definition) is 5. The summed E-state index contributed by atoms with van der Waals surface area (Å²) < 4.78 is 5.23. The van der Waals surface area contributed by atoms with Crippen molar-refractivity contribution in [3.8, 4) is 11.4 Å². The van der Waals surface area contributed by atoms with Crippen LogP contribution in [0.15, 0.2) is 59.1 Å². The molecule has 2 aromatic carbocycles. The Kier molecular flexibility index (Phi) is 5.14. The van der Waals surface area contributed by atoms with E-state index in [9.17, 15) is 9.59 Å². The zero-order valence-electron chi connectivity index (χ0n) is 15.3. The Morgan fingerprint density at radius 3 is 2.79 bits per heavy atom. The second kappa shape index (κ2) is 8.04. The largest absolute Gasteiger partial charge is 0.339 e. The summed E-state index contributed by atoms with van der Waals surface area (Å²) in [6.45, 7) is 0.719. The Hall–Kier alpha value is -3.48. The van der Waals surface area contributed by atoms with Gasteiger partial charge in [-0.15, -0.1) is 0 Å². The number of benzene rings is 2. The lowest BCUT2D eigenvalue weighted by molar-refractivity contribution is -0.117. The van der Waals surface area contributed by atoms with Crippen LogP contribution in [0.1, 0.15) is 25.2 Å². The van der Waals surface area contributed by atoms with E-state index in [1.54, 1.807) is 4.90 Å². The molecule has 2 heterocycles. The number of anilines is 2. The summed E-state index contributed by atoms with van der Waals surface area (Å²) >= 11 is 0. The lowest BCUT2D eigenvalue weighted by Crippen LogP contribution is -2.23. The second-order valence-electron chi connectivity index (χ2n) is 6.63. The van der Waals surface area contributed by atoms with Crippen molar-refractivity contribution in [2.45, 2.75) is 25.7 Å². The molecule has 0 saturated carbocycles. The van der Waals surface area contributed by atoms with Crippen molar-refractivity contribution >= 4 is 23.2 Å². The molecule has 0 bridgehead atoms. The van der Waals surface area contributed by atoms with Crippen LogP contribution < -0.4 is 10.2 Å². The summed E-state index contributed by atoms with van der Waals surface area (Å²) in [4.78, 5) is 30.2. The van der Waals surface area contributed by atoms with E-state index < -0.39 is 0 Å². The molecule has 1 N–H and O–H groups in total. The van der Waals surface area contributed by atoms with Gasteiger partial charge in [-0.2, -0.15) is 4.98 Å². The van der Waals surface area contributed by atoms with Gasteiger partial charge in [0.1, 0.15) is 0 Å². The standard InChI is InChI=1S/C21H20N4O3/c26-18(11-12-19-23-21(24-28-19)15-6-2-1-3-7-15)22-16-8-4-9-17(14-16)25-13-5-10-20(25)27/h1-4,6-9,14H,5,10-13H2,(H,22,26). The van der Waals surface area contributed by atoms with Gasteiger partial charge in [-0.3, -0.25) is 9.59 Å². The molecule has 2 amide bonds. The fraction of sp³-hybridized carbons (Fsp3) is 0.238. The molecule has 1 aromatic heterocycles. The molecule has 3 aromatic rings. The van der Waals surface area contributed by atoms with E-state index in [0.29, 0.717) is 30.2 Å². The van der Waals surface area contributed by atoms with Crippen LogP contribution in [-0.4, -0.2) is 28.5 Å². The molecule has 0 spiro atoms. The molecule has 7 nitrogen and oxygen atoms in total. The molecule has 0 radical (unpaired) electrons. The van der Waals surface area contributed by atoms with Gasteiger partial charge in [0.15, 0.2) is 0 Å². The van der Waals surface area contributed by atoms with Crippen LogP contribution in [0.3, 0.4) is 0 Å². The first-order valence-electron chi connectivity index (χ1n) is 9.27. The second-order valence-corrected chi connectivity index (χ2v) is 6.63. The molecule has 1 fully saturated rings. The van der Waals surface area contributed by atoms with Crippen LogP contribution in [0.25, 0.3) is 11.4 Å². The highest BCUT2D eigenvalue weighted by Crippen LogP contribution is 2.24. The maximum Gasteiger partial charge on any atom is 0.227 e. The highest BCUT2D eigenvalue weighted by atomic mass is 16.5. The highest BCUT2D eigenvalue weighted by molar-refractivity contribution is 5.97. The van der Waals surface area contributed by atoms with E-state index in [-0.39, 0.29) is 18.2 Å². The summed E-state index contributed by atoms with van der Waals surface area (Å²) in [7, 11) is 0. The van der Waals surface area contributed by atoms with Gasteiger partial charge >= 0.3 is 0 Å². The number of aromatic nitrogens is 2. The first-order valence-corrected chi connectivity index (χ1v) is 9.27. The Morgan fingerprint density at radius 1 is 1.14 bits per heavy atom. The Balaban J connectivity index is 1.34. The minimum atomic E-state index is -0.149. The SMILES string of the molecule is O=C(CCc1nc(-c2ccccc2)no1)Nc1cccc(N2CCCC2=O)c1. The van der Waals surface area contributed by atoms with E-state index in [0.717, 1.165) is 24.2 Å². The maximum atomic E-state index is 12.3. The van der Waals surface area contributed by atoms with Gasteiger partial charge < -0.3 is 14.7 Å². The number of rotatable bonds is 6. The van der Waals surface area contributed by atoms with Crippen LogP contribution in [0.4, 0.5) is 11.4 Å². The van der Waals surface area contributed by atoms with Crippen LogP contribution in [0, 0.1) is 0 Å². The van der Waals surface area contributed by atoms with Crippen molar-refractivity contribution in [3.63, 3.8) is 0 Å².